The Morgan fingerprint density at radius 3 is 1.69 bits per heavy atom. The highest BCUT2D eigenvalue weighted by Crippen LogP contribution is 2.35. The first-order valence-electron chi connectivity index (χ1n) is 5.71. The molecule has 79 valence electrons. The Morgan fingerprint density at radius 2 is 1.46 bits per heavy atom. The van der Waals surface area contributed by atoms with Gasteiger partial charge < -0.3 is 5.73 Å². The average molecular weight is 184 g/mol. The van der Waals surface area contributed by atoms with Crippen molar-refractivity contribution in [3.8, 4) is 0 Å². The minimum absolute atomic E-state index is 0.390. The second-order valence-corrected chi connectivity index (χ2v) is 4.05. The third kappa shape index (κ3) is 3.68. The second kappa shape index (κ2) is 6.42. The Hall–Kier alpha value is -0.0400. The van der Waals surface area contributed by atoms with Gasteiger partial charge in [0.1, 0.15) is 0 Å². The molecule has 1 heteroatoms. The molecule has 0 aromatic carbocycles. The molecule has 13 heavy (non-hydrogen) atoms. The summed E-state index contributed by atoms with van der Waals surface area (Å²) in [6.07, 6.45) is 6.10. The lowest BCUT2D eigenvalue weighted by Crippen LogP contribution is -2.31. The summed E-state index contributed by atoms with van der Waals surface area (Å²) in [4.78, 5) is 0. The van der Waals surface area contributed by atoms with E-state index in [4.69, 9.17) is 5.73 Å². The van der Waals surface area contributed by atoms with E-state index in [1.54, 1.807) is 5.92 Å². The fourth-order valence-corrected chi connectivity index (χ4v) is 1.89. The molecule has 1 radical (unpaired) electrons. The number of hydrogen-bond donors (Lipinski definition) is 1. The Balaban J connectivity index is 4.21. The summed E-state index contributed by atoms with van der Waals surface area (Å²) < 4.78 is 0. The zero-order valence-corrected chi connectivity index (χ0v) is 9.82. The van der Waals surface area contributed by atoms with Gasteiger partial charge in [-0.3, -0.25) is 0 Å². The number of rotatable bonds is 7. The molecule has 0 aliphatic heterocycles. The Kier molecular flexibility index (Phi) is 6.40. The highest BCUT2D eigenvalue weighted by Gasteiger charge is 2.26. The highest BCUT2D eigenvalue weighted by atomic mass is 14.6. The summed E-state index contributed by atoms with van der Waals surface area (Å²) >= 11 is 0. The Morgan fingerprint density at radius 1 is 1.00 bits per heavy atom. The minimum Gasteiger partial charge on any atom is -0.330 e. The lowest BCUT2D eigenvalue weighted by atomic mass is 9.74. The smallest absolute Gasteiger partial charge is 0.00205 e. The minimum atomic E-state index is 0.390. The molecular weight excluding hydrogens is 158 g/mol. The van der Waals surface area contributed by atoms with E-state index >= 15 is 0 Å². The summed E-state index contributed by atoms with van der Waals surface area (Å²) in [7, 11) is 0. The van der Waals surface area contributed by atoms with E-state index < -0.39 is 0 Å². The predicted octanol–water partition coefficient (Wildman–Crippen LogP) is 3.54. The first kappa shape index (κ1) is 13.0. The molecule has 2 N–H and O–H groups in total. The summed E-state index contributed by atoms with van der Waals surface area (Å²) in [6.45, 7) is 9.87. The topological polar surface area (TPSA) is 26.0 Å². The third-order valence-electron chi connectivity index (χ3n) is 3.56. The van der Waals surface area contributed by atoms with Gasteiger partial charge in [-0.15, -0.1) is 0 Å². The van der Waals surface area contributed by atoms with Gasteiger partial charge in [0, 0.05) is 0 Å². The van der Waals surface area contributed by atoms with Crippen LogP contribution in [0.1, 0.15) is 59.8 Å². The molecule has 0 saturated heterocycles. The fraction of sp³-hybridized carbons (Fsp3) is 0.917. The number of hydrogen-bond acceptors (Lipinski definition) is 1. The van der Waals surface area contributed by atoms with Crippen LogP contribution in [0.2, 0.25) is 0 Å². The molecule has 0 amide bonds. The summed E-state index contributed by atoms with van der Waals surface area (Å²) in [5, 5.41) is 0. The second-order valence-electron chi connectivity index (χ2n) is 4.05. The summed E-state index contributed by atoms with van der Waals surface area (Å²) in [6, 6.07) is 0. The van der Waals surface area contributed by atoms with Crippen LogP contribution in [0.15, 0.2) is 0 Å². The molecule has 0 spiro atoms. The van der Waals surface area contributed by atoms with Gasteiger partial charge in [0.2, 0.25) is 0 Å². The van der Waals surface area contributed by atoms with Crippen LogP contribution in [0.5, 0.6) is 0 Å². The van der Waals surface area contributed by atoms with Crippen molar-refractivity contribution in [1.82, 2.24) is 0 Å². The maximum absolute atomic E-state index is 5.87. The molecule has 0 aliphatic carbocycles. The zero-order valence-electron chi connectivity index (χ0n) is 9.82. The van der Waals surface area contributed by atoms with Gasteiger partial charge in [-0.25, -0.2) is 0 Å². The van der Waals surface area contributed by atoms with Crippen LogP contribution < -0.4 is 5.73 Å². The Bertz CT molecular complexity index is 104. The molecular formula is C12H26N. The molecule has 0 fully saturated rings. The van der Waals surface area contributed by atoms with E-state index in [1.165, 1.54) is 32.1 Å². The fourth-order valence-electron chi connectivity index (χ4n) is 1.89. The van der Waals surface area contributed by atoms with Crippen LogP contribution in [-0.2, 0) is 0 Å². The monoisotopic (exact) mass is 184 g/mol. The van der Waals surface area contributed by atoms with Crippen LogP contribution >= 0.6 is 0 Å². The van der Waals surface area contributed by atoms with E-state index in [9.17, 15) is 0 Å². The summed E-state index contributed by atoms with van der Waals surface area (Å²) in [5.74, 6) is 1.68. The van der Waals surface area contributed by atoms with E-state index in [0.717, 1.165) is 6.54 Å². The van der Waals surface area contributed by atoms with E-state index in [-0.39, 0.29) is 0 Å². The van der Waals surface area contributed by atoms with Crippen molar-refractivity contribution < 1.29 is 0 Å². The quantitative estimate of drug-likeness (QED) is 0.643. The zero-order chi connectivity index (χ0) is 10.3. The lowest BCUT2D eigenvalue weighted by Gasteiger charge is -2.33. The molecule has 0 heterocycles. The molecule has 0 bridgehead atoms. The molecule has 0 unspecified atom stereocenters. The van der Waals surface area contributed by atoms with Gasteiger partial charge in [-0.1, -0.05) is 27.7 Å². The maximum atomic E-state index is 5.87. The SMILES string of the molecule is CC[C](CC)CC(CC)(CC)CN. The van der Waals surface area contributed by atoms with Crippen molar-refractivity contribution in [3.63, 3.8) is 0 Å². The van der Waals surface area contributed by atoms with Crippen molar-refractivity contribution in [1.29, 1.82) is 0 Å². The molecule has 0 aromatic heterocycles. The van der Waals surface area contributed by atoms with Gasteiger partial charge in [0.15, 0.2) is 0 Å². The predicted molar refractivity (Wildman–Crippen MR) is 60.5 cm³/mol. The van der Waals surface area contributed by atoms with Crippen LogP contribution in [0.25, 0.3) is 0 Å². The molecule has 0 aliphatic rings. The first-order valence-corrected chi connectivity index (χ1v) is 5.71. The van der Waals surface area contributed by atoms with Crippen molar-refractivity contribution in [2.45, 2.75) is 59.8 Å². The van der Waals surface area contributed by atoms with Gasteiger partial charge in [0.05, 0.1) is 0 Å². The average Bonchev–Trinajstić information content (AvgIpc) is 2.21. The van der Waals surface area contributed by atoms with Gasteiger partial charge >= 0.3 is 0 Å². The van der Waals surface area contributed by atoms with Gasteiger partial charge in [-0.05, 0) is 50.0 Å². The van der Waals surface area contributed by atoms with Gasteiger partial charge in [-0.2, -0.15) is 0 Å². The van der Waals surface area contributed by atoms with Crippen molar-refractivity contribution >= 4 is 0 Å². The molecule has 0 aromatic rings. The van der Waals surface area contributed by atoms with Crippen molar-refractivity contribution in [2.75, 3.05) is 6.54 Å². The van der Waals surface area contributed by atoms with Crippen LogP contribution in [0, 0.1) is 11.3 Å². The molecule has 1 nitrogen and oxygen atoms in total. The van der Waals surface area contributed by atoms with E-state index in [2.05, 4.69) is 27.7 Å². The highest BCUT2D eigenvalue weighted by molar-refractivity contribution is 4.95. The van der Waals surface area contributed by atoms with E-state index in [1.807, 2.05) is 0 Å². The molecule has 0 rings (SSSR count). The van der Waals surface area contributed by atoms with E-state index in [0.29, 0.717) is 5.41 Å². The van der Waals surface area contributed by atoms with Crippen LogP contribution in [-0.4, -0.2) is 6.54 Å². The normalized spacial score (nSPS) is 12.5. The maximum Gasteiger partial charge on any atom is -0.00205 e. The lowest BCUT2D eigenvalue weighted by molar-refractivity contribution is 0.251. The third-order valence-corrected chi connectivity index (χ3v) is 3.56. The van der Waals surface area contributed by atoms with Gasteiger partial charge in [0.25, 0.3) is 0 Å². The van der Waals surface area contributed by atoms with Crippen LogP contribution in [0.4, 0.5) is 0 Å². The Labute approximate surface area is 84.1 Å². The largest absolute Gasteiger partial charge is 0.330 e. The summed E-state index contributed by atoms with van der Waals surface area (Å²) in [5.41, 5.74) is 6.26. The number of nitrogens with two attached hydrogens (primary N) is 1. The first-order chi connectivity index (χ1) is 6.17. The van der Waals surface area contributed by atoms with Crippen molar-refractivity contribution in [2.24, 2.45) is 11.1 Å². The van der Waals surface area contributed by atoms with Crippen LogP contribution in [0.3, 0.4) is 0 Å². The molecule has 0 saturated carbocycles. The van der Waals surface area contributed by atoms with Crippen molar-refractivity contribution in [3.05, 3.63) is 5.92 Å². The standard InChI is InChI=1S/C12H26N/c1-5-11(6-2)9-12(7-3,8-4)10-13/h5-10,13H2,1-4H3. The molecule has 0 atom stereocenters.